The minimum atomic E-state index is -1.06. The fourth-order valence-electron chi connectivity index (χ4n) is 3.34. The van der Waals surface area contributed by atoms with Crippen molar-refractivity contribution in [1.82, 2.24) is 15.3 Å². The Bertz CT molecular complexity index is 945. The Kier molecular flexibility index (Phi) is 4.52. The van der Waals surface area contributed by atoms with Crippen LogP contribution in [0, 0.1) is 0 Å². The smallest absolute Gasteiger partial charge is 0.329 e. The number of aromatic amines is 1. The minimum absolute atomic E-state index is 0.0998. The molecule has 1 fully saturated rings. The number of rotatable bonds is 6. The third kappa shape index (κ3) is 3.25. The summed E-state index contributed by atoms with van der Waals surface area (Å²) < 4.78 is 0. The number of aryl methyl sites for hydroxylation is 2. The summed E-state index contributed by atoms with van der Waals surface area (Å²) in [5.41, 5.74) is 0.00309. The summed E-state index contributed by atoms with van der Waals surface area (Å²) in [4.78, 5) is 44.9. The highest BCUT2D eigenvalue weighted by molar-refractivity contribution is 7.99. The number of thioether (sulfide) groups is 1. The van der Waals surface area contributed by atoms with Crippen LogP contribution in [0.1, 0.15) is 41.9 Å². The highest BCUT2D eigenvalue weighted by Gasteiger charge is 2.51. The Morgan fingerprint density at radius 1 is 1.31 bits per heavy atom. The molecule has 1 amide bonds. The molecule has 2 aromatic rings. The second-order valence-corrected chi connectivity index (χ2v) is 8.90. The molecule has 0 aliphatic heterocycles. The first-order chi connectivity index (χ1) is 12.5. The number of nitrogens with one attached hydrogen (secondary N) is 2. The molecule has 26 heavy (non-hydrogen) atoms. The van der Waals surface area contributed by atoms with Gasteiger partial charge in [0.05, 0.1) is 16.9 Å². The second kappa shape index (κ2) is 6.70. The molecular formula is C17H19N3O4S2. The Balaban J connectivity index is 1.41. The lowest BCUT2D eigenvalue weighted by Gasteiger charge is -2.11. The number of fused-ring (bicyclic) bond motifs is 3. The third-order valence-electron chi connectivity index (χ3n) is 4.88. The van der Waals surface area contributed by atoms with E-state index in [1.807, 2.05) is 0 Å². The summed E-state index contributed by atoms with van der Waals surface area (Å²) >= 11 is 2.92. The van der Waals surface area contributed by atoms with Crippen molar-refractivity contribution < 1.29 is 14.7 Å². The fourth-order valence-corrected chi connectivity index (χ4v) is 5.31. The van der Waals surface area contributed by atoms with Gasteiger partial charge >= 0.3 is 5.97 Å². The Labute approximate surface area is 157 Å². The third-order valence-corrected chi connectivity index (χ3v) is 7.01. The van der Waals surface area contributed by atoms with Crippen molar-refractivity contribution in [3.63, 3.8) is 0 Å². The lowest BCUT2D eigenvalue weighted by molar-refractivity contribution is -0.142. The molecule has 7 nitrogen and oxygen atoms in total. The van der Waals surface area contributed by atoms with E-state index in [9.17, 15) is 14.4 Å². The Morgan fingerprint density at radius 3 is 2.81 bits per heavy atom. The van der Waals surface area contributed by atoms with Crippen molar-refractivity contribution in [3.05, 3.63) is 26.6 Å². The van der Waals surface area contributed by atoms with Crippen molar-refractivity contribution in [2.75, 3.05) is 5.75 Å². The number of hydrogen-bond acceptors (Lipinski definition) is 6. The molecular weight excluding hydrogens is 374 g/mol. The predicted molar refractivity (Wildman–Crippen MR) is 101 cm³/mol. The van der Waals surface area contributed by atoms with E-state index in [0.29, 0.717) is 24.4 Å². The van der Waals surface area contributed by atoms with Crippen LogP contribution >= 0.6 is 23.1 Å². The quantitative estimate of drug-likeness (QED) is 0.690. The maximum atomic E-state index is 12.5. The molecule has 0 atom stereocenters. The second-order valence-electron chi connectivity index (χ2n) is 6.83. The van der Waals surface area contributed by atoms with Gasteiger partial charge in [-0.25, -0.2) is 9.78 Å². The fraction of sp³-hybridized carbons (Fsp3) is 0.529. The average Bonchev–Trinajstić information content (AvgIpc) is 3.27. The lowest BCUT2D eigenvalue weighted by Crippen LogP contribution is -2.43. The summed E-state index contributed by atoms with van der Waals surface area (Å²) in [5.74, 6) is -0.184. The molecule has 4 rings (SSSR count). The SMILES string of the molecule is O=C(CSCc1nc2sc3c(c2c(=O)[nH]1)CCCC3)NC1(C(=O)O)CC1. The van der Waals surface area contributed by atoms with Crippen LogP contribution in [-0.4, -0.2) is 38.2 Å². The molecule has 3 N–H and O–H groups in total. The van der Waals surface area contributed by atoms with E-state index < -0.39 is 11.5 Å². The van der Waals surface area contributed by atoms with Crippen molar-refractivity contribution in [2.24, 2.45) is 0 Å². The summed E-state index contributed by atoms with van der Waals surface area (Å²) in [6.45, 7) is 0. The largest absolute Gasteiger partial charge is 0.480 e. The number of aromatic nitrogens is 2. The maximum absolute atomic E-state index is 12.5. The van der Waals surface area contributed by atoms with Crippen molar-refractivity contribution in [1.29, 1.82) is 0 Å². The number of amides is 1. The molecule has 0 radical (unpaired) electrons. The van der Waals surface area contributed by atoms with Crippen LogP contribution in [-0.2, 0) is 28.2 Å². The van der Waals surface area contributed by atoms with Crippen LogP contribution in [0.15, 0.2) is 4.79 Å². The van der Waals surface area contributed by atoms with Crippen LogP contribution < -0.4 is 10.9 Å². The van der Waals surface area contributed by atoms with Crippen molar-refractivity contribution in [3.8, 4) is 0 Å². The van der Waals surface area contributed by atoms with Crippen molar-refractivity contribution >= 4 is 45.2 Å². The topological polar surface area (TPSA) is 112 Å². The molecule has 1 saturated carbocycles. The molecule has 2 aliphatic carbocycles. The van der Waals surface area contributed by atoms with E-state index in [1.54, 1.807) is 11.3 Å². The molecule has 0 aromatic carbocycles. The van der Waals surface area contributed by atoms with Gasteiger partial charge in [-0.1, -0.05) is 0 Å². The van der Waals surface area contributed by atoms with Gasteiger partial charge in [0.2, 0.25) is 5.91 Å². The zero-order valence-corrected chi connectivity index (χ0v) is 15.7. The zero-order valence-electron chi connectivity index (χ0n) is 14.1. The van der Waals surface area contributed by atoms with E-state index >= 15 is 0 Å². The van der Waals surface area contributed by atoms with Gasteiger partial charge in [0, 0.05) is 4.88 Å². The van der Waals surface area contributed by atoms with Gasteiger partial charge in [0.15, 0.2) is 0 Å². The number of H-pyrrole nitrogens is 1. The first-order valence-corrected chi connectivity index (χ1v) is 10.6. The number of nitrogens with zero attached hydrogens (tertiary/aromatic N) is 1. The number of hydrogen-bond donors (Lipinski definition) is 3. The minimum Gasteiger partial charge on any atom is -0.480 e. The molecule has 2 heterocycles. The lowest BCUT2D eigenvalue weighted by atomic mass is 9.97. The normalized spacial score (nSPS) is 17.7. The van der Waals surface area contributed by atoms with Crippen LogP contribution in [0.4, 0.5) is 0 Å². The van der Waals surface area contributed by atoms with Gasteiger partial charge in [-0.05, 0) is 44.1 Å². The van der Waals surface area contributed by atoms with E-state index in [1.165, 1.54) is 16.6 Å². The number of carbonyl (C=O) groups excluding carboxylic acids is 1. The van der Waals surface area contributed by atoms with Gasteiger partial charge in [-0.3, -0.25) is 9.59 Å². The van der Waals surface area contributed by atoms with Gasteiger partial charge in [0.1, 0.15) is 16.2 Å². The molecule has 138 valence electrons. The zero-order chi connectivity index (χ0) is 18.3. The maximum Gasteiger partial charge on any atom is 0.329 e. The molecule has 0 spiro atoms. The Hall–Kier alpha value is -1.87. The monoisotopic (exact) mass is 393 g/mol. The molecule has 9 heteroatoms. The van der Waals surface area contributed by atoms with Crippen LogP contribution in [0.2, 0.25) is 0 Å². The number of carbonyl (C=O) groups is 2. The number of aliphatic carboxylic acids is 1. The summed E-state index contributed by atoms with van der Waals surface area (Å²) in [7, 11) is 0. The van der Waals surface area contributed by atoms with E-state index in [0.717, 1.165) is 41.5 Å². The standard InChI is InChI=1S/C17H19N3O4S2/c21-12(20-17(5-6-17)16(23)24)8-25-7-11-18-14(22)13-9-3-1-2-4-10(9)26-15(13)19-11/h1-8H2,(H,20,21)(H,23,24)(H,18,19,22). The van der Waals surface area contributed by atoms with Gasteiger partial charge < -0.3 is 15.4 Å². The average molecular weight is 393 g/mol. The first-order valence-electron chi connectivity index (χ1n) is 8.64. The molecule has 2 aliphatic rings. The summed E-state index contributed by atoms with van der Waals surface area (Å²) in [6, 6.07) is 0. The van der Waals surface area contributed by atoms with E-state index in [4.69, 9.17) is 5.11 Å². The number of carboxylic acids is 1. The molecule has 0 bridgehead atoms. The Morgan fingerprint density at radius 2 is 2.08 bits per heavy atom. The van der Waals surface area contributed by atoms with Crippen LogP contribution in [0.5, 0.6) is 0 Å². The summed E-state index contributed by atoms with van der Waals surface area (Å²) in [6.07, 6.45) is 5.20. The highest BCUT2D eigenvalue weighted by Crippen LogP contribution is 2.36. The van der Waals surface area contributed by atoms with Crippen molar-refractivity contribution in [2.45, 2.75) is 49.8 Å². The van der Waals surface area contributed by atoms with Gasteiger partial charge in [0.25, 0.3) is 5.56 Å². The van der Waals surface area contributed by atoms with Gasteiger partial charge in [-0.15, -0.1) is 23.1 Å². The van der Waals surface area contributed by atoms with E-state index in [-0.39, 0.29) is 17.2 Å². The van der Waals surface area contributed by atoms with E-state index in [2.05, 4.69) is 15.3 Å². The first kappa shape index (κ1) is 17.5. The predicted octanol–water partition coefficient (Wildman–Crippen LogP) is 1.83. The number of thiophene rings is 1. The highest BCUT2D eigenvalue weighted by atomic mass is 32.2. The van der Waals surface area contributed by atoms with Crippen LogP contribution in [0.25, 0.3) is 10.2 Å². The molecule has 0 saturated heterocycles. The molecule has 0 unspecified atom stereocenters. The summed E-state index contributed by atoms with van der Waals surface area (Å²) in [5, 5.41) is 12.4. The number of carboxylic acid groups (broad SMARTS) is 1. The van der Waals surface area contributed by atoms with Crippen LogP contribution in [0.3, 0.4) is 0 Å². The van der Waals surface area contributed by atoms with Gasteiger partial charge in [-0.2, -0.15) is 0 Å². The molecule has 2 aromatic heterocycles.